The zero-order valence-electron chi connectivity index (χ0n) is 9.33. The predicted octanol–water partition coefficient (Wildman–Crippen LogP) is 2.46. The second-order valence-electron chi connectivity index (χ2n) is 3.62. The third-order valence-electron chi connectivity index (χ3n) is 2.35. The minimum atomic E-state index is -1.22. The smallest absolute Gasteiger partial charge is 0.339 e. The summed E-state index contributed by atoms with van der Waals surface area (Å²) in [4.78, 5) is 10.9. The van der Waals surface area contributed by atoms with Crippen LogP contribution in [0, 0.1) is 0 Å². The van der Waals surface area contributed by atoms with Gasteiger partial charge in [-0.15, -0.1) is 0 Å². The quantitative estimate of drug-likeness (QED) is 0.722. The minimum absolute atomic E-state index is 0.220. The molecule has 0 saturated heterocycles. The molecule has 0 aliphatic heterocycles. The molecule has 18 heavy (non-hydrogen) atoms. The van der Waals surface area contributed by atoms with Crippen LogP contribution in [0.4, 0.5) is 5.69 Å². The van der Waals surface area contributed by atoms with Crippen molar-refractivity contribution in [3.63, 3.8) is 0 Å². The molecule has 2 rings (SSSR count). The van der Waals surface area contributed by atoms with Gasteiger partial charge < -0.3 is 20.7 Å². The van der Waals surface area contributed by atoms with Gasteiger partial charge in [0.1, 0.15) is 22.8 Å². The predicted molar refractivity (Wildman–Crippen MR) is 66.0 cm³/mol. The topological polar surface area (TPSA) is 92.8 Å². The molecule has 0 fully saturated rings. The maximum Gasteiger partial charge on any atom is 0.339 e. The summed E-state index contributed by atoms with van der Waals surface area (Å²) in [6, 6.07) is 10.8. The van der Waals surface area contributed by atoms with Crippen LogP contribution in [-0.2, 0) is 0 Å². The van der Waals surface area contributed by atoms with Gasteiger partial charge in [0, 0.05) is 0 Å². The first-order valence-electron chi connectivity index (χ1n) is 5.16. The number of hydrogen-bond donors (Lipinski definition) is 3. The fourth-order valence-electron chi connectivity index (χ4n) is 1.45. The molecule has 2 aromatic rings. The average molecular weight is 245 g/mol. The van der Waals surface area contributed by atoms with E-state index in [-0.39, 0.29) is 11.3 Å². The molecule has 0 aromatic heterocycles. The number of nitrogen functional groups attached to an aromatic ring is 1. The molecule has 0 radical (unpaired) electrons. The van der Waals surface area contributed by atoms with Crippen LogP contribution in [0.1, 0.15) is 10.4 Å². The number of carboxylic acid groups (broad SMARTS) is 1. The van der Waals surface area contributed by atoms with Gasteiger partial charge in [0.25, 0.3) is 0 Å². The Balaban J connectivity index is 2.33. The summed E-state index contributed by atoms with van der Waals surface area (Å²) in [7, 11) is 0. The third-order valence-corrected chi connectivity index (χ3v) is 2.35. The third kappa shape index (κ3) is 2.35. The molecule has 0 aliphatic rings. The minimum Gasteiger partial charge on any atom is -0.507 e. The Hall–Kier alpha value is -2.69. The van der Waals surface area contributed by atoms with E-state index >= 15 is 0 Å². The highest BCUT2D eigenvalue weighted by Crippen LogP contribution is 2.30. The molecule has 0 aliphatic carbocycles. The highest BCUT2D eigenvalue weighted by atomic mass is 16.5. The molecule has 92 valence electrons. The van der Waals surface area contributed by atoms with Crippen LogP contribution in [0.2, 0.25) is 0 Å². The van der Waals surface area contributed by atoms with Crippen molar-refractivity contribution in [2.24, 2.45) is 0 Å². The lowest BCUT2D eigenvalue weighted by molar-refractivity contribution is 0.0693. The maximum atomic E-state index is 10.9. The summed E-state index contributed by atoms with van der Waals surface area (Å²) in [5.74, 6) is -0.808. The molecular weight excluding hydrogens is 234 g/mol. The summed E-state index contributed by atoms with van der Waals surface area (Å²) in [6.07, 6.45) is 0. The van der Waals surface area contributed by atoms with Crippen LogP contribution in [0.15, 0.2) is 42.5 Å². The Kier molecular flexibility index (Phi) is 3.05. The largest absolute Gasteiger partial charge is 0.507 e. The van der Waals surface area contributed by atoms with Crippen molar-refractivity contribution >= 4 is 11.7 Å². The van der Waals surface area contributed by atoms with Crippen molar-refractivity contribution in [2.75, 3.05) is 5.73 Å². The van der Waals surface area contributed by atoms with Crippen molar-refractivity contribution in [1.29, 1.82) is 0 Å². The maximum absolute atomic E-state index is 10.9. The first-order chi connectivity index (χ1) is 8.58. The number of anilines is 1. The van der Waals surface area contributed by atoms with Gasteiger partial charge in [0.05, 0.1) is 5.69 Å². The van der Waals surface area contributed by atoms with Gasteiger partial charge in [0.15, 0.2) is 0 Å². The SMILES string of the molecule is Nc1ccccc1Oc1ccc(O)c(C(=O)O)c1. The summed E-state index contributed by atoms with van der Waals surface area (Å²) in [6.45, 7) is 0. The monoisotopic (exact) mass is 245 g/mol. The highest BCUT2D eigenvalue weighted by molar-refractivity contribution is 5.91. The molecule has 0 atom stereocenters. The number of para-hydroxylation sites is 2. The second kappa shape index (κ2) is 4.67. The van der Waals surface area contributed by atoms with Crippen LogP contribution < -0.4 is 10.5 Å². The van der Waals surface area contributed by atoms with Crippen LogP contribution >= 0.6 is 0 Å². The number of aromatic hydroxyl groups is 1. The number of ether oxygens (including phenoxy) is 1. The molecule has 0 spiro atoms. The molecular formula is C13H11NO4. The van der Waals surface area contributed by atoms with E-state index in [4.69, 9.17) is 15.6 Å². The number of carbonyl (C=O) groups is 1. The van der Waals surface area contributed by atoms with Crippen molar-refractivity contribution in [1.82, 2.24) is 0 Å². The first-order valence-corrected chi connectivity index (χ1v) is 5.16. The Bertz CT molecular complexity index is 595. The standard InChI is InChI=1S/C13H11NO4/c14-10-3-1-2-4-12(10)18-8-5-6-11(15)9(7-8)13(16)17/h1-7,15H,14H2,(H,16,17). The number of phenols is 1. The molecule has 0 saturated carbocycles. The number of aromatic carboxylic acids is 1. The second-order valence-corrected chi connectivity index (χ2v) is 3.62. The van der Waals surface area contributed by atoms with Crippen LogP contribution in [0.5, 0.6) is 17.2 Å². The van der Waals surface area contributed by atoms with Crippen molar-refractivity contribution in [2.45, 2.75) is 0 Å². The van der Waals surface area contributed by atoms with E-state index in [9.17, 15) is 9.90 Å². The van der Waals surface area contributed by atoms with Gasteiger partial charge in [-0.3, -0.25) is 0 Å². The van der Waals surface area contributed by atoms with Crippen molar-refractivity contribution < 1.29 is 19.7 Å². The van der Waals surface area contributed by atoms with Crippen LogP contribution in [-0.4, -0.2) is 16.2 Å². The summed E-state index contributed by atoms with van der Waals surface area (Å²) < 4.78 is 5.46. The van der Waals surface area contributed by atoms with E-state index < -0.39 is 5.97 Å². The van der Waals surface area contributed by atoms with E-state index in [0.29, 0.717) is 17.2 Å². The number of carboxylic acids is 1. The molecule has 5 nitrogen and oxygen atoms in total. The van der Waals surface area contributed by atoms with Crippen LogP contribution in [0.3, 0.4) is 0 Å². The Morgan fingerprint density at radius 2 is 1.89 bits per heavy atom. The lowest BCUT2D eigenvalue weighted by atomic mass is 10.2. The van der Waals surface area contributed by atoms with Crippen molar-refractivity contribution in [3.05, 3.63) is 48.0 Å². The number of benzene rings is 2. The van der Waals surface area contributed by atoms with E-state index in [1.165, 1.54) is 18.2 Å². The van der Waals surface area contributed by atoms with Crippen molar-refractivity contribution in [3.8, 4) is 17.2 Å². The molecule has 5 heteroatoms. The zero-order valence-corrected chi connectivity index (χ0v) is 9.33. The fraction of sp³-hybridized carbons (Fsp3) is 0. The van der Waals surface area contributed by atoms with Gasteiger partial charge >= 0.3 is 5.97 Å². The molecule has 2 aromatic carbocycles. The van der Waals surface area contributed by atoms with Gasteiger partial charge in [0.2, 0.25) is 0 Å². The molecule has 4 N–H and O–H groups in total. The van der Waals surface area contributed by atoms with Gasteiger partial charge in [-0.1, -0.05) is 12.1 Å². The number of hydrogen-bond acceptors (Lipinski definition) is 4. The normalized spacial score (nSPS) is 10.0. The highest BCUT2D eigenvalue weighted by Gasteiger charge is 2.11. The lowest BCUT2D eigenvalue weighted by Gasteiger charge is -2.09. The van der Waals surface area contributed by atoms with Crippen LogP contribution in [0.25, 0.3) is 0 Å². The molecule has 0 amide bonds. The van der Waals surface area contributed by atoms with Gasteiger partial charge in [-0.2, -0.15) is 0 Å². The fourth-order valence-corrected chi connectivity index (χ4v) is 1.45. The number of nitrogens with two attached hydrogens (primary N) is 1. The number of rotatable bonds is 3. The molecule has 0 bridgehead atoms. The summed E-state index contributed by atoms with van der Waals surface area (Å²) >= 11 is 0. The lowest BCUT2D eigenvalue weighted by Crippen LogP contribution is -1.98. The Labute approximate surface area is 103 Å². The summed E-state index contributed by atoms with van der Waals surface area (Å²) in [5, 5.41) is 18.2. The van der Waals surface area contributed by atoms with E-state index in [1.54, 1.807) is 24.3 Å². The Morgan fingerprint density at radius 3 is 2.56 bits per heavy atom. The van der Waals surface area contributed by atoms with E-state index in [1.807, 2.05) is 0 Å². The molecule has 0 unspecified atom stereocenters. The average Bonchev–Trinajstić information content (AvgIpc) is 2.34. The summed E-state index contributed by atoms with van der Waals surface area (Å²) in [5.41, 5.74) is 5.93. The van der Waals surface area contributed by atoms with Gasteiger partial charge in [-0.25, -0.2) is 4.79 Å². The van der Waals surface area contributed by atoms with E-state index in [0.717, 1.165) is 0 Å². The zero-order chi connectivity index (χ0) is 13.1. The Morgan fingerprint density at radius 1 is 1.17 bits per heavy atom. The first kappa shape index (κ1) is 11.8. The van der Waals surface area contributed by atoms with Gasteiger partial charge in [-0.05, 0) is 30.3 Å². The molecule has 0 heterocycles. The van der Waals surface area contributed by atoms with E-state index in [2.05, 4.69) is 0 Å².